The van der Waals surface area contributed by atoms with Crippen LogP contribution in [0.2, 0.25) is 0 Å². The Kier molecular flexibility index (Phi) is 5.80. The topological polar surface area (TPSA) is 69.4 Å². The summed E-state index contributed by atoms with van der Waals surface area (Å²) in [6.45, 7) is 0.403. The number of hydrogen-bond donors (Lipinski definition) is 1. The van der Waals surface area contributed by atoms with Gasteiger partial charge in [-0.15, -0.1) is 0 Å². The van der Waals surface area contributed by atoms with Crippen LogP contribution in [-0.2, 0) is 9.84 Å². The highest BCUT2D eigenvalue weighted by Gasteiger charge is 2.05. The van der Waals surface area contributed by atoms with Gasteiger partial charge in [0.2, 0.25) is 0 Å². The average molecular weight is 285 g/mol. The average Bonchev–Trinajstić information content (AvgIpc) is 2.32. The van der Waals surface area contributed by atoms with Crippen molar-refractivity contribution in [3.05, 3.63) is 29.6 Å². The zero-order chi connectivity index (χ0) is 14.3. The van der Waals surface area contributed by atoms with Crippen LogP contribution >= 0.6 is 0 Å². The molecule has 0 heterocycles. The molecule has 0 unspecified atom stereocenters. The van der Waals surface area contributed by atoms with Crippen LogP contribution < -0.4 is 10.5 Å². The van der Waals surface area contributed by atoms with Crippen molar-refractivity contribution in [2.24, 2.45) is 5.73 Å². The molecule has 104 valence electrons. The second-order valence-corrected chi connectivity index (χ2v) is 6.24. The summed E-state index contributed by atoms with van der Waals surface area (Å²) < 4.78 is 40.4. The number of hydrogen-bond acceptors (Lipinski definition) is 4. The third-order valence-corrected chi connectivity index (χ3v) is 3.21. The summed E-state index contributed by atoms with van der Waals surface area (Å²) in [5.74, 6) is 5.40. The molecule has 0 fully saturated rings. The van der Waals surface area contributed by atoms with Crippen molar-refractivity contribution >= 4 is 9.84 Å². The molecule has 19 heavy (non-hydrogen) atoms. The number of sulfone groups is 1. The zero-order valence-corrected chi connectivity index (χ0v) is 11.5. The molecule has 0 saturated carbocycles. The first kappa shape index (κ1) is 15.5. The van der Waals surface area contributed by atoms with Crippen molar-refractivity contribution in [1.82, 2.24) is 0 Å². The van der Waals surface area contributed by atoms with Gasteiger partial charge in [-0.25, -0.2) is 12.8 Å². The van der Waals surface area contributed by atoms with E-state index in [1.807, 2.05) is 0 Å². The van der Waals surface area contributed by atoms with E-state index in [2.05, 4.69) is 11.8 Å². The first-order chi connectivity index (χ1) is 8.92. The minimum atomic E-state index is -2.99. The van der Waals surface area contributed by atoms with Crippen LogP contribution in [0.3, 0.4) is 0 Å². The van der Waals surface area contributed by atoms with E-state index in [0.29, 0.717) is 17.7 Å². The van der Waals surface area contributed by atoms with E-state index < -0.39 is 15.7 Å². The third kappa shape index (κ3) is 6.22. The van der Waals surface area contributed by atoms with Gasteiger partial charge >= 0.3 is 0 Å². The van der Waals surface area contributed by atoms with Crippen molar-refractivity contribution in [3.63, 3.8) is 0 Å². The van der Waals surface area contributed by atoms with E-state index in [9.17, 15) is 12.8 Å². The first-order valence-electron chi connectivity index (χ1n) is 5.71. The van der Waals surface area contributed by atoms with E-state index in [1.165, 1.54) is 24.5 Å². The van der Waals surface area contributed by atoms with Gasteiger partial charge < -0.3 is 10.5 Å². The number of rotatable bonds is 5. The van der Waals surface area contributed by atoms with E-state index in [-0.39, 0.29) is 18.9 Å². The van der Waals surface area contributed by atoms with Crippen LogP contribution in [0.4, 0.5) is 4.39 Å². The minimum Gasteiger partial charge on any atom is -0.492 e. The predicted molar refractivity (Wildman–Crippen MR) is 72.2 cm³/mol. The first-order valence-corrected chi connectivity index (χ1v) is 7.77. The van der Waals surface area contributed by atoms with Crippen LogP contribution in [0.25, 0.3) is 0 Å². The molecule has 2 N–H and O–H groups in total. The highest BCUT2D eigenvalue weighted by atomic mass is 32.2. The molecule has 1 aromatic carbocycles. The molecule has 0 bridgehead atoms. The van der Waals surface area contributed by atoms with Crippen LogP contribution in [0.15, 0.2) is 18.2 Å². The Labute approximate surface area is 112 Å². The van der Waals surface area contributed by atoms with E-state index in [1.54, 1.807) is 0 Å². The Balaban J connectivity index is 2.67. The Morgan fingerprint density at radius 2 is 2.16 bits per heavy atom. The maximum absolute atomic E-state index is 13.1. The van der Waals surface area contributed by atoms with Gasteiger partial charge in [-0.3, -0.25) is 0 Å². The fourth-order valence-electron chi connectivity index (χ4n) is 1.38. The lowest BCUT2D eigenvalue weighted by Gasteiger charge is -2.08. The Morgan fingerprint density at radius 1 is 1.42 bits per heavy atom. The lowest BCUT2D eigenvalue weighted by molar-refractivity contribution is 0.316. The van der Waals surface area contributed by atoms with Gasteiger partial charge in [-0.2, -0.15) is 0 Å². The van der Waals surface area contributed by atoms with Crippen molar-refractivity contribution < 1.29 is 17.5 Å². The van der Waals surface area contributed by atoms with Crippen molar-refractivity contribution in [1.29, 1.82) is 0 Å². The maximum Gasteiger partial charge on any atom is 0.147 e. The van der Waals surface area contributed by atoms with Crippen LogP contribution in [0.1, 0.15) is 12.0 Å². The van der Waals surface area contributed by atoms with Crippen molar-refractivity contribution in [3.8, 4) is 17.6 Å². The lowest BCUT2D eigenvalue weighted by atomic mass is 10.2. The molecule has 1 rings (SSSR count). The normalized spacial score (nSPS) is 10.7. The predicted octanol–water partition coefficient (Wildman–Crippen LogP) is 0.949. The van der Waals surface area contributed by atoms with Crippen LogP contribution in [0, 0.1) is 17.7 Å². The molecule has 0 atom stereocenters. The smallest absolute Gasteiger partial charge is 0.147 e. The molecule has 0 spiro atoms. The molecule has 0 saturated heterocycles. The largest absolute Gasteiger partial charge is 0.492 e. The van der Waals surface area contributed by atoms with Crippen LogP contribution in [0.5, 0.6) is 5.75 Å². The highest BCUT2D eigenvalue weighted by molar-refractivity contribution is 7.90. The molecular weight excluding hydrogens is 269 g/mol. The van der Waals surface area contributed by atoms with Gasteiger partial charge in [0.25, 0.3) is 0 Å². The van der Waals surface area contributed by atoms with E-state index in [0.717, 1.165) is 0 Å². The molecule has 4 nitrogen and oxygen atoms in total. The van der Waals surface area contributed by atoms with Gasteiger partial charge in [-0.05, 0) is 24.6 Å². The molecule has 1 aromatic rings. The molecular formula is C13H16FNO3S. The summed E-state index contributed by atoms with van der Waals surface area (Å²) in [6, 6.07) is 3.99. The molecule has 6 heteroatoms. The summed E-state index contributed by atoms with van der Waals surface area (Å²) in [5, 5.41) is 0. The van der Waals surface area contributed by atoms with Gasteiger partial charge in [-0.1, -0.05) is 11.8 Å². The third-order valence-electron chi connectivity index (χ3n) is 2.18. The number of benzene rings is 1. The highest BCUT2D eigenvalue weighted by Crippen LogP contribution is 2.18. The summed E-state index contributed by atoms with van der Waals surface area (Å²) in [6.07, 6.45) is 1.54. The number of nitrogens with two attached hydrogens (primary N) is 1. The van der Waals surface area contributed by atoms with E-state index >= 15 is 0 Å². The van der Waals surface area contributed by atoms with Gasteiger partial charge in [0.05, 0.1) is 24.5 Å². The summed E-state index contributed by atoms with van der Waals surface area (Å²) in [4.78, 5) is 0. The standard InChI is InChI=1S/C13H16FNO3S/c1-19(16,17)9-3-8-18-13-6-5-12(14)10-11(13)4-2-7-15/h5-6,10H,3,7-9,15H2,1H3. The van der Waals surface area contributed by atoms with Crippen LogP contribution in [-0.4, -0.2) is 33.6 Å². The van der Waals surface area contributed by atoms with Gasteiger partial charge in [0.15, 0.2) is 0 Å². The molecule has 0 aliphatic rings. The number of halogens is 1. The second kappa shape index (κ2) is 7.12. The summed E-state index contributed by atoms with van der Waals surface area (Å²) in [7, 11) is -2.99. The molecule has 0 aromatic heterocycles. The van der Waals surface area contributed by atoms with Crippen molar-refractivity contribution in [2.75, 3.05) is 25.2 Å². The Morgan fingerprint density at radius 3 is 2.79 bits per heavy atom. The molecule has 0 amide bonds. The fraction of sp³-hybridized carbons (Fsp3) is 0.385. The SMILES string of the molecule is CS(=O)(=O)CCCOc1ccc(F)cc1C#CCN. The number of ether oxygens (including phenoxy) is 1. The zero-order valence-electron chi connectivity index (χ0n) is 10.6. The quantitative estimate of drug-likeness (QED) is 0.646. The second-order valence-electron chi connectivity index (χ2n) is 3.98. The summed E-state index contributed by atoms with van der Waals surface area (Å²) in [5.41, 5.74) is 5.67. The Bertz CT molecular complexity index is 588. The minimum absolute atomic E-state index is 0.0536. The monoisotopic (exact) mass is 285 g/mol. The van der Waals surface area contributed by atoms with E-state index in [4.69, 9.17) is 10.5 Å². The summed E-state index contributed by atoms with van der Waals surface area (Å²) >= 11 is 0. The molecule has 0 radical (unpaired) electrons. The maximum atomic E-state index is 13.1. The van der Waals surface area contributed by atoms with Gasteiger partial charge in [0.1, 0.15) is 21.4 Å². The molecule has 0 aliphatic carbocycles. The molecule has 0 aliphatic heterocycles. The van der Waals surface area contributed by atoms with Crippen molar-refractivity contribution in [2.45, 2.75) is 6.42 Å². The Hall–Kier alpha value is -1.58. The fourth-order valence-corrected chi connectivity index (χ4v) is 2.02. The van der Waals surface area contributed by atoms with Gasteiger partial charge in [0, 0.05) is 6.26 Å². The lowest BCUT2D eigenvalue weighted by Crippen LogP contribution is -2.08.